The number of carbonyl (C=O) groups excluding carboxylic acids is 2. The van der Waals surface area contributed by atoms with Gasteiger partial charge < -0.3 is 10.2 Å². The molecule has 1 saturated heterocycles. The number of nitrogens with one attached hydrogen (secondary N) is 1. The van der Waals surface area contributed by atoms with Crippen LogP contribution in [0.15, 0.2) is 78.9 Å². The second-order valence-electron chi connectivity index (χ2n) is 7.99. The van der Waals surface area contributed by atoms with Crippen molar-refractivity contribution < 1.29 is 9.59 Å². The van der Waals surface area contributed by atoms with Crippen molar-refractivity contribution in [2.45, 2.75) is 31.7 Å². The van der Waals surface area contributed by atoms with Gasteiger partial charge in [-0.25, -0.2) is 0 Å². The average molecular weight is 431 g/mol. The summed E-state index contributed by atoms with van der Waals surface area (Å²) in [6.45, 7) is 4.81. The van der Waals surface area contributed by atoms with Crippen molar-refractivity contribution in [2.75, 3.05) is 11.1 Å². The van der Waals surface area contributed by atoms with E-state index in [1.807, 2.05) is 83.8 Å². The predicted molar refractivity (Wildman–Crippen MR) is 127 cm³/mol. The minimum atomic E-state index is -0.129. The molecule has 0 bridgehead atoms. The Balaban J connectivity index is 1.49. The van der Waals surface area contributed by atoms with Crippen LogP contribution in [-0.2, 0) is 11.3 Å². The molecule has 0 aromatic heterocycles. The van der Waals surface area contributed by atoms with Crippen LogP contribution in [0.1, 0.15) is 52.2 Å². The summed E-state index contributed by atoms with van der Waals surface area (Å²) < 4.78 is 0. The van der Waals surface area contributed by atoms with E-state index in [2.05, 4.69) is 19.2 Å². The maximum atomic E-state index is 12.8. The smallest absolute Gasteiger partial charge is 0.255 e. The fraction of sp³-hybridized carbons (Fsp3) is 0.231. The second kappa shape index (κ2) is 9.40. The van der Waals surface area contributed by atoms with Gasteiger partial charge in [0.25, 0.3) is 5.91 Å². The molecule has 158 valence electrons. The molecule has 3 aromatic rings. The number of benzene rings is 3. The molecule has 1 aliphatic heterocycles. The maximum Gasteiger partial charge on any atom is 0.255 e. The lowest BCUT2D eigenvalue weighted by atomic mass is 10.0. The van der Waals surface area contributed by atoms with Crippen LogP contribution < -0.4 is 5.32 Å². The lowest BCUT2D eigenvalue weighted by Gasteiger charge is -2.24. The number of amides is 2. The summed E-state index contributed by atoms with van der Waals surface area (Å²) in [5, 5.41) is 3.00. The van der Waals surface area contributed by atoms with Gasteiger partial charge in [0.1, 0.15) is 5.37 Å². The topological polar surface area (TPSA) is 49.4 Å². The Morgan fingerprint density at radius 2 is 1.68 bits per heavy atom. The predicted octanol–water partition coefficient (Wildman–Crippen LogP) is 5.84. The highest BCUT2D eigenvalue weighted by Crippen LogP contribution is 2.39. The van der Waals surface area contributed by atoms with Crippen molar-refractivity contribution in [3.8, 4) is 0 Å². The second-order valence-corrected chi connectivity index (χ2v) is 9.06. The molecule has 1 heterocycles. The normalized spacial score (nSPS) is 16.0. The van der Waals surface area contributed by atoms with E-state index in [-0.39, 0.29) is 17.2 Å². The maximum absolute atomic E-state index is 12.8. The molecule has 4 rings (SSSR count). The van der Waals surface area contributed by atoms with Gasteiger partial charge in [0, 0.05) is 17.8 Å². The van der Waals surface area contributed by atoms with Crippen molar-refractivity contribution in [1.29, 1.82) is 0 Å². The zero-order chi connectivity index (χ0) is 21.8. The summed E-state index contributed by atoms with van der Waals surface area (Å²) in [6.07, 6.45) is 0. The molecule has 5 heteroatoms. The lowest BCUT2D eigenvalue weighted by Crippen LogP contribution is -2.27. The molecule has 3 aromatic carbocycles. The van der Waals surface area contributed by atoms with Gasteiger partial charge in [-0.1, -0.05) is 74.5 Å². The molecule has 1 unspecified atom stereocenters. The minimum absolute atomic E-state index is 0.0357. The third kappa shape index (κ3) is 4.83. The first-order valence-electron chi connectivity index (χ1n) is 10.5. The van der Waals surface area contributed by atoms with E-state index < -0.39 is 0 Å². The Labute approximate surface area is 187 Å². The van der Waals surface area contributed by atoms with E-state index in [0.717, 1.165) is 22.4 Å². The number of thioether (sulfide) groups is 1. The summed E-state index contributed by atoms with van der Waals surface area (Å²) in [5.41, 5.74) is 4.71. The third-order valence-corrected chi connectivity index (χ3v) is 6.71. The van der Waals surface area contributed by atoms with Gasteiger partial charge in [-0.15, -0.1) is 11.8 Å². The zero-order valence-corrected chi connectivity index (χ0v) is 18.6. The number of para-hydroxylation sites is 1. The summed E-state index contributed by atoms with van der Waals surface area (Å²) >= 11 is 1.63. The number of rotatable bonds is 6. The van der Waals surface area contributed by atoms with Crippen molar-refractivity contribution >= 4 is 29.3 Å². The molecular formula is C26H26N2O2S. The van der Waals surface area contributed by atoms with E-state index in [1.54, 1.807) is 11.8 Å². The number of hydrogen-bond donors (Lipinski definition) is 1. The van der Waals surface area contributed by atoms with Crippen LogP contribution in [0.5, 0.6) is 0 Å². The van der Waals surface area contributed by atoms with Crippen molar-refractivity contribution in [3.63, 3.8) is 0 Å². The van der Waals surface area contributed by atoms with Crippen molar-refractivity contribution in [2.24, 2.45) is 0 Å². The first kappa shape index (κ1) is 21.2. The number of nitrogens with zero attached hydrogens (tertiary/aromatic N) is 1. The Morgan fingerprint density at radius 3 is 2.39 bits per heavy atom. The van der Waals surface area contributed by atoms with Crippen LogP contribution in [0.4, 0.5) is 5.69 Å². The molecule has 0 aliphatic carbocycles. The molecule has 31 heavy (non-hydrogen) atoms. The van der Waals surface area contributed by atoms with Gasteiger partial charge in [-0.3, -0.25) is 9.59 Å². The molecule has 2 amide bonds. The van der Waals surface area contributed by atoms with Gasteiger partial charge in [0.05, 0.1) is 5.75 Å². The monoisotopic (exact) mass is 430 g/mol. The summed E-state index contributed by atoms with van der Waals surface area (Å²) in [5.74, 6) is 0.819. The summed E-state index contributed by atoms with van der Waals surface area (Å²) in [7, 11) is 0. The van der Waals surface area contributed by atoms with Crippen molar-refractivity contribution in [3.05, 3.63) is 101 Å². The van der Waals surface area contributed by atoms with E-state index in [9.17, 15) is 9.59 Å². The average Bonchev–Trinajstić information content (AvgIpc) is 3.15. The number of anilines is 1. The third-order valence-electron chi connectivity index (χ3n) is 5.45. The highest BCUT2D eigenvalue weighted by Gasteiger charge is 2.32. The largest absolute Gasteiger partial charge is 0.322 e. The van der Waals surface area contributed by atoms with Gasteiger partial charge in [-0.2, -0.15) is 0 Å². The molecule has 1 fully saturated rings. The van der Waals surface area contributed by atoms with Crippen LogP contribution in [0.25, 0.3) is 0 Å². The minimum Gasteiger partial charge on any atom is -0.322 e. The van der Waals surface area contributed by atoms with Crippen LogP contribution in [0.3, 0.4) is 0 Å². The zero-order valence-electron chi connectivity index (χ0n) is 17.7. The lowest BCUT2D eigenvalue weighted by molar-refractivity contribution is -0.128. The summed E-state index contributed by atoms with van der Waals surface area (Å²) in [4.78, 5) is 27.2. The van der Waals surface area contributed by atoms with Crippen LogP contribution in [0.2, 0.25) is 0 Å². The molecule has 0 radical (unpaired) electrons. The molecule has 4 nitrogen and oxygen atoms in total. The van der Waals surface area contributed by atoms with Gasteiger partial charge in [-0.05, 0) is 40.8 Å². The fourth-order valence-corrected chi connectivity index (χ4v) is 4.98. The van der Waals surface area contributed by atoms with Gasteiger partial charge in [0.15, 0.2) is 0 Å². The first-order valence-corrected chi connectivity index (χ1v) is 11.5. The van der Waals surface area contributed by atoms with Gasteiger partial charge >= 0.3 is 0 Å². The molecule has 0 spiro atoms. The van der Waals surface area contributed by atoms with E-state index >= 15 is 0 Å². The van der Waals surface area contributed by atoms with Crippen LogP contribution >= 0.6 is 11.8 Å². The molecule has 0 saturated carbocycles. The van der Waals surface area contributed by atoms with E-state index in [0.29, 0.717) is 23.8 Å². The van der Waals surface area contributed by atoms with Gasteiger partial charge in [0.2, 0.25) is 5.91 Å². The Bertz CT molecular complexity index is 1060. The molecule has 1 N–H and O–H groups in total. The number of carbonyl (C=O) groups is 2. The quantitative estimate of drug-likeness (QED) is 0.535. The SMILES string of the molecule is CC(C)c1ccccc1NC(=O)c1ccc(C2SCC(=O)N2Cc2ccccc2)cc1. The van der Waals surface area contributed by atoms with Crippen LogP contribution in [-0.4, -0.2) is 22.5 Å². The Hall–Kier alpha value is -3.05. The molecule has 1 atom stereocenters. The Morgan fingerprint density at radius 1 is 1.00 bits per heavy atom. The van der Waals surface area contributed by atoms with Crippen molar-refractivity contribution in [1.82, 2.24) is 4.90 Å². The standard InChI is InChI=1S/C26H26N2O2S/c1-18(2)22-10-6-7-11-23(22)27-25(30)20-12-14-21(15-13-20)26-28(24(29)17-31-26)16-19-8-4-3-5-9-19/h3-15,18,26H,16-17H2,1-2H3,(H,27,30). The summed E-state index contributed by atoms with van der Waals surface area (Å²) in [6, 6.07) is 25.5. The molecule has 1 aliphatic rings. The first-order chi connectivity index (χ1) is 15.0. The highest BCUT2D eigenvalue weighted by atomic mass is 32.2. The fourth-order valence-electron chi connectivity index (χ4n) is 3.79. The van der Waals surface area contributed by atoms with Crippen LogP contribution in [0, 0.1) is 0 Å². The number of hydrogen-bond acceptors (Lipinski definition) is 3. The van der Waals surface area contributed by atoms with E-state index in [4.69, 9.17) is 0 Å². The molecular weight excluding hydrogens is 404 g/mol. The highest BCUT2D eigenvalue weighted by molar-refractivity contribution is 8.00. The van der Waals surface area contributed by atoms with E-state index in [1.165, 1.54) is 0 Å². The Kier molecular flexibility index (Phi) is 6.42.